The number of aryl methyl sites for hydroxylation is 3. The van der Waals surface area contributed by atoms with Gasteiger partial charge in [-0.15, -0.1) is 0 Å². The Bertz CT molecular complexity index is 756. The van der Waals surface area contributed by atoms with Crippen LogP contribution in [0.2, 0.25) is 0 Å². The molecule has 0 aromatic heterocycles. The minimum atomic E-state index is 0.411. The number of hydrogen-bond acceptors (Lipinski definition) is 1. The highest BCUT2D eigenvalue weighted by atomic mass is 15.0. The van der Waals surface area contributed by atoms with Crippen molar-refractivity contribution in [3.63, 3.8) is 0 Å². The van der Waals surface area contributed by atoms with Gasteiger partial charge in [0.15, 0.2) is 0 Å². The fraction of sp³-hybridized carbons (Fsp3) is 0.333. The summed E-state index contributed by atoms with van der Waals surface area (Å²) in [4.78, 5) is 0. The SMILES string of the molecule is Cc1cccc(C2Nc3cc(C)cc(C)c3C3C=CCC32)c1. The highest BCUT2D eigenvalue weighted by Crippen LogP contribution is 2.50. The second-order valence-electron chi connectivity index (χ2n) is 6.93. The Morgan fingerprint density at radius 1 is 1.00 bits per heavy atom. The van der Waals surface area contributed by atoms with E-state index in [1.54, 1.807) is 0 Å². The van der Waals surface area contributed by atoms with Crippen molar-refractivity contribution in [1.29, 1.82) is 0 Å². The third kappa shape index (κ3) is 2.08. The molecule has 1 heteroatoms. The lowest BCUT2D eigenvalue weighted by Crippen LogP contribution is -2.29. The molecule has 22 heavy (non-hydrogen) atoms. The first-order chi connectivity index (χ1) is 10.6. The summed E-state index contributed by atoms with van der Waals surface area (Å²) in [6.45, 7) is 6.62. The summed E-state index contributed by atoms with van der Waals surface area (Å²) in [5, 5.41) is 3.85. The zero-order chi connectivity index (χ0) is 15.3. The lowest BCUT2D eigenvalue weighted by atomic mass is 9.75. The molecule has 1 N–H and O–H groups in total. The molecule has 0 saturated heterocycles. The van der Waals surface area contributed by atoms with E-state index < -0.39 is 0 Å². The van der Waals surface area contributed by atoms with Gasteiger partial charge >= 0.3 is 0 Å². The van der Waals surface area contributed by atoms with Crippen LogP contribution in [0.1, 0.15) is 46.2 Å². The normalized spacial score (nSPS) is 25.5. The van der Waals surface area contributed by atoms with E-state index >= 15 is 0 Å². The Morgan fingerprint density at radius 3 is 2.68 bits per heavy atom. The van der Waals surface area contributed by atoms with Gasteiger partial charge in [-0.25, -0.2) is 0 Å². The predicted octanol–water partition coefficient (Wildman–Crippen LogP) is 5.44. The quantitative estimate of drug-likeness (QED) is 0.689. The maximum Gasteiger partial charge on any atom is 0.0554 e. The molecule has 1 heterocycles. The van der Waals surface area contributed by atoms with Crippen molar-refractivity contribution in [1.82, 2.24) is 0 Å². The van der Waals surface area contributed by atoms with E-state index in [0.29, 0.717) is 17.9 Å². The number of benzene rings is 2. The molecular weight excluding hydrogens is 266 g/mol. The molecule has 0 radical (unpaired) electrons. The van der Waals surface area contributed by atoms with Crippen LogP contribution in [0.3, 0.4) is 0 Å². The van der Waals surface area contributed by atoms with Gasteiger partial charge in [-0.05, 0) is 61.4 Å². The highest BCUT2D eigenvalue weighted by molar-refractivity contribution is 5.63. The molecule has 0 bridgehead atoms. The second-order valence-corrected chi connectivity index (χ2v) is 6.93. The van der Waals surface area contributed by atoms with Gasteiger partial charge < -0.3 is 5.32 Å². The third-order valence-corrected chi connectivity index (χ3v) is 5.22. The van der Waals surface area contributed by atoms with E-state index in [1.807, 2.05) is 0 Å². The van der Waals surface area contributed by atoms with Crippen LogP contribution in [0.15, 0.2) is 48.6 Å². The maximum absolute atomic E-state index is 3.85. The van der Waals surface area contributed by atoms with E-state index in [9.17, 15) is 0 Å². The molecule has 3 atom stereocenters. The van der Waals surface area contributed by atoms with Crippen LogP contribution in [0.25, 0.3) is 0 Å². The van der Waals surface area contributed by atoms with E-state index in [0.717, 1.165) is 0 Å². The zero-order valence-corrected chi connectivity index (χ0v) is 13.6. The molecule has 1 nitrogen and oxygen atoms in total. The van der Waals surface area contributed by atoms with Gasteiger partial charge in [0.25, 0.3) is 0 Å². The summed E-state index contributed by atoms with van der Waals surface area (Å²) in [6.07, 6.45) is 5.96. The van der Waals surface area contributed by atoms with Gasteiger partial charge in [0.05, 0.1) is 6.04 Å². The molecule has 0 spiro atoms. The monoisotopic (exact) mass is 289 g/mol. The van der Waals surface area contributed by atoms with Gasteiger partial charge in [-0.2, -0.15) is 0 Å². The number of rotatable bonds is 1. The summed E-state index contributed by atoms with van der Waals surface area (Å²) >= 11 is 0. The largest absolute Gasteiger partial charge is 0.378 e. The topological polar surface area (TPSA) is 12.0 Å². The van der Waals surface area contributed by atoms with Gasteiger partial charge in [0.2, 0.25) is 0 Å². The molecule has 4 rings (SSSR count). The fourth-order valence-electron chi connectivity index (χ4n) is 4.33. The molecule has 112 valence electrons. The number of hydrogen-bond donors (Lipinski definition) is 1. The van der Waals surface area contributed by atoms with Crippen molar-refractivity contribution in [2.45, 2.75) is 39.2 Å². The fourth-order valence-corrected chi connectivity index (χ4v) is 4.33. The predicted molar refractivity (Wildman–Crippen MR) is 93.4 cm³/mol. The van der Waals surface area contributed by atoms with Crippen molar-refractivity contribution in [2.75, 3.05) is 5.32 Å². The van der Waals surface area contributed by atoms with Crippen LogP contribution in [0.5, 0.6) is 0 Å². The van der Waals surface area contributed by atoms with E-state index in [2.05, 4.69) is 74.6 Å². The minimum Gasteiger partial charge on any atom is -0.378 e. The van der Waals surface area contributed by atoms with Gasteiger partial charge in [-0.3, -0.25) is 0 Å². The number of anilines is 1. The van der Waals surface area contributed by atoms with Crippen molar-refractivity contribution >= 4 is 5.69 Å². The van der Waals surface area contributed by atoms with Crippen LogP contribution in [0.4, 0.5) is 5.69 Å². The first-order valence-electron chi connectivity index (χ1n) is 8.24. The molecule has 1 aliphatic carbocycles. The summed E-state index contributed by atoms with van der Waals surface area (Å²) < 4.78 is 0. The summed E-state index contributed by atoms with van der Waals surface area (Å²) in [7, 11) is 0. The average molecular weight is 289 g/mol. The first kappa shape index (κ1) is 13.6. The maximum atomic E-state index is 3.85. The molecule has 2 aromatic carbocycles. The lowest BCUT2D eigenvalue weighted by Gasteiger charge is -2.38. The molecule has 0 amide bonds. The Balaban J connectivity index is 1.84. The molecule has 2 aliphatic rings. The van der Waals surface area contributed by atoms with Crippen LogP contribution in [-0.4, -0.2) is 0 Å². The molecular formula is C21H23N. The lowest BCUT2D eigenvalue weighted by molar-refractivity contribution is 0.424. The third-order valence-electron chi connectivity index (χ3n) is 5.22. The van der Waals surface area contributed by atoms with Crippen molar-refractivity contribution in [2.24, 2.45) is 5.92 Å². The van der Waals surface area contributed by atoms with Crippen LogP contribution in [0, 0.1) is 26.7 Å². The summed E-state index contributed by atoms with van der Waals surface area (Å²) in [5.74, 6) is 1.19. The van der Waals surface area contributed by atoms with Crippen molar-refractivity contribution in [3.05, 3.63) is 76.4 Å². The van der Waals surface area contributed by atoms with Gasteiger partial charge in [0, 0.05) is 11.6 Å². The molecule has 0 saturated carbocycles. The minimum absolute atomic E-state index is 0.411. The average Bonchev–Trinajstić information content (AvgIpc) is 2.94. The van der Waals surface area contributed by atoms with E-state index in [-0.39, 0.29) is 0 Å². The molecule has 2 aromatic rings. The van der Waals surface area contributed by atoms with E-state index in [4.69, 9.17) is 0 Å². The molecule has 3 unspecified atom stereocenters. The first-order valence-corrected chi connectivity index (χ1v) is 8.24. The number of allylic oxidation sites excluding steroid dienone is 2. The zero-order valence-electron chi connectivity index (χ0n) is 13.6. The molecule has 1 aliphatic heterocycles. The van der Waals surface area contributed by atoms with Crippen LogP contribution in [-0.2, 0) is 0 Å². The van der Waals surface area contributed by atoms with Crippen molar-refractivity contribution in [3.8, 4) is 0 Å². The standard InChI is InChI=1S/C21H23N/c1-13-6-4-7-16(11-13)21-18-9-5-8-17(18)20-15(3)10-14(2)12-19(20)22-21/h4-8,10-12,17-18,21-22H,9H2,1-3H3. The van der Waals surface area contributed by atoms with Crippen LogP contribution < -0.4 is 5.32 Å². The van der Waals surface area contributed by atoms with Gasteiger partial charge in [-0.1, -0.05) is 48.0 Å². The van der Waals surface area contributed by atoms with Crippen LogP contribution >= 0.6 is 0 Å². The Labute approximate surface area is 133 Å². The Hall–Kier alpha value is -2.02. The second kappa shape index (κ2) is 5.01. The molecule has 0 fully saturated rings. The van der Waals surface area contributed by atoms with E-state index in [1.165, 1.54) is 39.9 Å². The number of fused-ring (bicyclic) bond motifs is 3. The van der Waals surface area contributed by atoms with Crippen molar-refractivity contribution < 1.29 is 0 Å². The smallest absolute Gasteiger partial charge is 0.0554 e. The number of nitrogens with one attached hydrogen (secondary N) is 1. The Kier molecular flexibility index (Phi) is 3.11. The Morgan fingerprint density at radius 2 is 1.86 bits per heavy atom. The highest BCUT2D eigenvalue weighted by Gasteiger charge is 2.38. The summed E-state index contributed by atoms with van der Waals surface area (Å²) in [6, 6.07) is 14.0. The van der Waals surface area contributed by atoms with Gasteiger partial charge in [0.1, 0.15) is 0 Å². The summed E-state index contributed by atoms with van der Waals surface area (Å²) in [5.41, 5.74) is 8.36.